The number of ether oxygens (including phenoxy) is 2. The van der Waals surface area contributed by atoms with Crippen LogP contribution in [0, 0.1) is 13.7 Å². The Hall–Kier alpha value is -3.93. The smallest absolute Gasteiger partial charge is 0.307 e. The van der Waals surface area contributed by atoms with Gasteiger partial charge in [-0.15, -0.1) is 0 Å². The number of nitro groups is 1. The van der Waals surface area contributed by atoms with Gasteiger partial charge in [-0.3, -0.25) is 14.9 Å². The molecule has 10 heteroatoms. The Morgan fingerprint density at radius 1 is 1.09 bits per heavy atom. The summed E-state index contributed by atoms with van der Waals surface area (Å²) in [5, 5.41) is 15.4. The molecule has 0 atom stereocenters. The SMILES string of the molecule is CCOc1cc(/C=N\NC(=O)c2cc3cc([N+](=O)[O-])ccc3o2)ccc1OCc1ccc(I)cc1. The van der Waals surface area contributed by atoms with Crippen molar-refractivity contribution in [2.45, 2.75) is 13.5 Å². The van der Waals surface area contributed by atoms with E-state index >= 15 is 0 Å². The molecule has 1 heterocycles. The van der Waals surface area contributed by atoms with E-state index in [0.29, 0.717) is 41.2 Å². The third-order valence-electron chi connectivity index (χ3n) is 4.89. The molecule has 0 aliphatic rings. The zero-order valence-electron chi connectivity index (χ0n) is 18.6. The van der Waals surface area contributed by atoms with E-state index in [0.717, 1.165) is 9.13 Å². The lowest BCUT2D eigenvalue weighted by molar-refractivity contribution is -0.384. The average molecular weight is 585 g/mol. The molecule has 0 saturated heterocycles. The van der Waals surface area contributed by atoms with Gasteiger partial charge in [-0.05, 0) is 83.1 Å². The highest BCUT2D eigenvalue weighted by Gasteiger charge is 2.14. The van der Waals surface area contributed by atoms with Crippen LogP contribution in [0.3, 0.4) is 0 Å². The second-order valence-corrected chi connectivity index (χ2v) is 8.59. The average Bonchev–Trinajstić information content (AvgIpc) is 3.28. The zero-order valence-corrected chi connectivity index (χ0v) is 20.7. The molecule has 0 unspecified atom stereocenters. The predicted octanol–water partition coefficient (Wildman–Crippen LogP) is 5.69. The number of rotatable bonds is 9. The molecule has 0 spiro atoms. The molecule has 0 fully saturated rings. The number of hydrogen-bond acceptors (Lipinski definition) is 7. The van der Waals surface area contributed by atoms with Gasteiger partial charge in [0.05, 0.1) is 17.7 Å². The summed E-state index contributed by atoms with van der Waals surface area (Å²) in [7, 11) is 0. The van der Waals surface area contributed by atoms with Gasteiger partial charge in [-0.1, -0.05) is 12.1 Å². The van der Waals surface area contributed by atoms with Crippen LogP contribution in [0.1, 0.15) is 28.6 Å². The van der Waals surface area contributed by atoms with E-state index < -0.39 is 10.8 Å². The monoisotopic (exact) mass is 585 g/mol. The minimum atomic E-state index is -0.581. The van der Waals surface area contributed by atoms with Gasteiger partial charge in [0.15, 0.2) is 17.3 Å². The summed E-state index contributed by atoms with van der Waals surface area (Å²) in [5.41, 5.74) is 4.41. The van der Waals surface area contributed by atoms with E-state index in [-0.39, 0.29) is 11.4 Å². The molecule has 1 amide bonds. The number of nitrogens with one attached hydrogen (secondary N) is 1. The number of nitrogens with zero attached hydrogens (tertiary/aromatic N) is 2. The number of non-ortho nitro benzene ring substituents is 1. The summed E-state index contributed by atoms with van der Waals surface area (Å²) in [4.78, 5) is 22.8. The van der Waals surface area contributed by atoms with Gasteiger partial charge in [0.1, 0.15) is 12.2 Å². The van der Waals surface area contributed by atoms with Crippen LogP contribution in [-0.2, 0) is 6.61 Å². The summed E-state index contributed by atoms with van der Waals surface area (Å²) >= 11 is 2.25. The van der Waals surface area contributed by atoms with E-state index in [1.54, 1.807) is 18.2 Å². The summed E-state index contributed by atoms with van der Waals surface area (Å²) in [5.74, 6) is 0.574. The first-order valence-electron chi connectivity index (χ1n) is 10.6. The number of hydrazone groups is 1. The number of benzene rings is 3. The fourth-order valence-corrected chi connectivity index (χ4v) is 3.57. The fraction of sp³-hybridized carbons (Fsp3) is 0.120. The molecule has 0 saturated carbocycles. The number of carbonyl (C=O) groups excluding carboxylic acids is 1. The van der Waals surface area contributed by atoms with Gasteiger partial charge >= 0.3 is 5.91 Å². The normalized spacial score (nSPS) is 11.0. The molecule has 4 rings (SSSR count). The highest BCUT2D eigenvalue weighted by molar-refractivity contribution is 14.1. The van der Waals surface area contributed by atoms with Crippen molar-refractivity contribution in [3.05, 3.63) is 97.3 Å². The summed E-state index contributed by atoms with van der Waals surface area (Å²) < 4.78 is 18.2. The minimum absolute atomic E-state index is 0.00741. The van der Waals surface area contributed by atoms with Crippen molar-refractivity contribution in [2.75, 3.05) is 6.61 Å². The highest BCUT2D eigenvalue weighted by Crippen LogP contribution is 2.29. The van der Waals surface area contributed by atoms with Crippen molar-refractivity contribution in [3.63, 3.8) is 0 Å². The van der Waals surface area contributed by atoms with Gasteiger partial charge in [-0.25, -0.2) is 5.43 Å². The zero-order chi connectivity index (χ0) is 24.8. The Labute approximate surface area is 214 Å². The van der Waals surface area contributed by atoms with E-state index in [1.807, 2.05) is 31.2 Å². The van der Waals surface area contributed by atoms with Gasteiger partial charge in [0.25, 0.3) is 5.69 Å². The van der Waals surface area contributed by atoms with Gasteiger partial charge < -0.3 is 13.9 Å². The van der Waals surface area contributed by atoms with Crippen molar-refractivity contribution in [3.8, 4) is 11.5 Å². The lowest BCUT2D eigenvalue weighted by atomic mass is 10.2. The van der Waals surface area contributed by atoms with Gasteiger partial charge in [-0.2, -0.15) is 5.10 Å². The van der Waals surface area contributed by atoms with E-state index in [4.69, 9.17) is 13.9 Å². The number of fused-ring (bicyclic) bond motifs is 1. The lowest BCUT2D eigenvalue weighted by Crippen LogP contribution is -2.16. The molecule has 0 aliphatic heterocycles. The topological polar surface area (TPSA) is 116 Å². The van der Waals surface area contributed by atoms with Crippen LogP contribution in [0.2, 0.25) is 0 Å². The fourth-order valence-electron chi connectivity index (χ4n) is 3.21. The third-order valence-corrected chi connectivity index (χ3v) is 5.61. The first-order chi connectivity index (χ1) is 16.9. The number of halogens is 1. The van der Waals surface area contributed by atoms with Crippen LogP contribution >= 0.6 is 22.6 Å². The quantitative estimate of drug-likeness (QED) is 0.117. The number of furan rings is 1. The van der Waals surface area contributed by atoms with Crippen LogP contribution in [0.15, 0.2) is 76.2 Å². The first-order valence-corrected chi connectivity index (χ1v) is 11.7. The number of carbonyl (C=O) groups is 1. The molecule has 3 aromatic carbocycles. The Kier molecular flexibility index (Phi) is 7.60. The van der Waals surface area contributed by atoms with Crippen molar-refractivity contribution < 1.29 is 23.6 Å². The van der Waals surface area contributed by atoms with E-state index in [9.17, 15) is 14.9 Å². The maximum atomic E-state index is 12.4. The standard InChI is InChI=1S/C25H20IN3O6/c1-2-33-23-11-17(5-9-22(23)34-15-16-3-6-19(26)7-4-16)14-27-28-25(30)24-13-18-12-20(29(31)32)8-10-21(18)35-24/h3-14H,2,15H2,1H3,(H,28,30)/b27-14-. The molecule has 35 heavy (non-hydrogen) atoms. The lowest BCUT2D eigenvalue weighted by Gasteiger charge is -2.12. The molecular weight excluding hydrogens is 565 g/mol. The van der Waals surface area contributed by atoms with E-state index in [2.05, 4.69) is 33.1 Å². The molecule has 4 aromatic rings. The maximum Gasteiger partial charge on any atom is 0.307 e. The van der Waals surface area contributed by atoms with Crippen LogP contribution in [0.4, 0.5) is 5.69 Å². The molecule has 0 aliphatic carbocycles. The first kappa shape index (κ1) is 24.2. The third kappa shape index (κ3) is 6.15. The summed E-state index contributed by atoms with van der Waals surface area (Å²) in [6.45, 7) is 2.74. The number of amides is 1. The van der Waals surface area contributed by atoms with Crippen LogP contribution in [0.5, 0.6) is 11.5 Å². The second kappa shape index (κ2) is 11.0. The van der Waals surface area contributed by atoms with Crippen LogP contribution in [-0.4, -0.2) is 23.7 Å². The Morgan fingerprint density at radius 2 is 1.89 bits per heavy atom. The maximum absolute atomic E-state index is 12.4. The summed E-state index contributed by atoms with van der Waals surface area (Å²) in [6.07, 6.45) is 1.47. The van der Waals surface area contributed by atoms with Gasteiger partial charge in [0.2, 0.25) is 0 Å². The number of nitro benzene ring substituents is 1. The second-order valence-electron chi connectivity index (χ2n) is 7.34. The van der Waals surface area contributed by atoms with Gasteiger partial charge in [0, 0.05) is 21.1 Å². The van der Waals surface area contributed by atoms with Crippen molar-refractivity contribution >= 4 is 51.4 Å². The molecule has 0 radical (unpaired) electrons. The van der Waals surface area contributed by atoms with Crippen LogP contribution < -0.4 is 14.9 Å². The van der Waals surface area contributed by atoms with Crippen molar-refractivity contribution in [2.24, 2.45) is 5.10 Å². The molecule has 0 bridgehead atoms. The molecule has 9 nitrogen and oxygen atoms in total. The molecule has 178 valence electrons. The molecule has 1 aromatic heterocycles. The van der Waals surface area contributed by atoms with Crippen molar-refractivity contribution in [1.82, 2.24) is 5.43 Å². The number of hydrogen-bond donors (Lipinski definition) is 1. The highest BCUT2D eigenvalue weighted by atomic mass is 127. The molecular formula is C25H20IN3O6. The van der Waals surface area contributed by atoms with Crippen molar-refractivity contribution in [1.29, 1.82) is 0 Å². The predicted molar refractivity (Wildman–Crippen MR) is 139 cm³/mol. The minimum Gasteiger partial charge on any atom is -0.490 e. The summed E-state index contributed by atoms with van der Waals surface area (Å²) in [6, 6.07) is 18.9. The van der Waals surface area contributed by atoms with E-state index in [1.165, 1.54) is 30.5 Å². The van der Waals surface area contributed by atoms with Crippen LogP contribution in [0.25, 0.3) is 11.0 Å². The molecule has 1 N–H and O–H groups in total. The Balaban J connectivity index is 1.41. The Bertz CT molecular complexity index is 1400. The Morgan fingerprint density at radius 3 is 2.63 bits per heavy atom. The largest absolute Gasteiger partial charge is 0.490 e.